The molecule has 1 heterocycles. The van der Waals surface area contributed by atoms with Crippen LogP contribution in [0.15, 0.2) is 5.16 Å². The summed E-state index contributed by atoms with van der Waals surface area (Å²) in [6, 6.07) is 0.492. The number of hydrogen-bond acceptors (Lipinski definition) is 3. The zero-order chi connectivity index (χ0) is 12.8. The maximum atomic E-state index is 9.38. The van der Waals surface area contributed by atoms with Crippen molar-refractivity contribution in [3.05, 3.63) is 0 Å². The Morgan fingerprint density at radius 3 is 2.63 bits per heavy atom. The summed E-state index contributed by atoms with van der Waals surface area (Å²) in [5.41, 5.74) is 1.13. The molecule has 0 aromatic heterocycles. The average molecular weight is 262 g/mol. The highest BCUT2D eigenvalue weighted by molar-refractivity contribution is 5.94. The van der Waals surface area contributed by atoms with E-state index in [2.05, 4.69) is 10.1 Å². The van der Waals surface area contributed by atoms with Gasteiger partial charge in [0.05, 0.1) is 11.8 Å². The van der Waals surface area contributed by atoms with Crippen LogP contribution in [0.4, 0.5) is 0 Å². The first-order valence-electron chi connectivity index (χ1n) is 8.32. The summed E-state index contributed by atoms with van der Waals surface area (Å²) in [7, 11) is 0. The van der Waals surface area contributed by atoms with E-state index in [1.807, 2.05) is 0 Å². The Balaban J connectivity index is 1.50. The molecule has 0 amide bonds. The van der Waals surface area contributed by atoms with Crippen molar-refractivity contribution in [1.29, 1.82) is 0 Å². The zero-order valence-electron chi connectivity index (χ0n) is 11.8. The van der Waals surface area contributed by atoms with Crippen molar-refractivity contribution in [3.63, 3.8) is 0 Å². The van der Waals surface area contributed by atoms with Crippen molar-refractivity contribution in [2.24, 2.45) is 28.8 Å². The largest absolute Gasteiger partial charge is 0.411 e. The van der Waals surface area contributed by atoms with E-state index in [-0.39, 0.29) is 0 Å². The number of oxime groups is 1. The van der Waals surface area contributed by atoms with Gasteiger partial charge in [-0.05, 0) is 56.4 Å². The number of piperidine rings is 1. The Morgan fingerprint density at radius 2 is 1.79 bits per heavy atom. The Bertz CT molecular complexity index is 381. The lowest BCUT2D eigenvalue weighted by Gasteiger charge is -2.45. The third-order valence-corrected chi connectivity index (χ3v) is 6.47. The fourth-order valence-electron chi connectivity index (χ4n) is 5.56. The van der Waals surface area contributed by atoms with Gasteiger partial charge >= 0.3 is 0 Å². The van der Waals surface area contributed by atoms with Crippen LogP contribution >= 0.6 is 0 Å². The standard InChI is InChI=1S/C16H26N2O/c19-17-15-12-5-6-13(9-12)16(15)18-8-7-11-3-1-2-4-14(11)10-18/h11-14,16,19H,1-10H2/b17-15+/t11-,12+,13+,14+,16+/m1/s1. The van der Waals surface area contributed by atoms with Gasteiger partial charge in [0.1, 0.15) is 0 Å². The lowest BCUT2D eigenvalue weighted by atomic mass is 9.74. The van der Waals surface area contributed by atoms with Gasteiger partial charge in [0.2, 0.25) is 0 Å². The molecule has 3 heteroatoms. The van der Waals surface area contributed by atoms with Crippen molar-refractivity contribution in [2.45, 2.75) is 57.4 Å². The minimum absolute atomic E-state index is 0.492. The second-order valence-electron chi connectivity index (χ2n) is 7.33. The number of rotatable bonds is 1. The van der Waals surface area contributed by atoms with Gasteiger partial charge in [0, 0.05) is 12.5 Å². The fourth-order valence-corrected chi connectivity index (χ4v) is 5.56. The van der Waals surface area contributed by atoms with Crippen molar-refractivity contribution < 1.29 is 5.21 Å². The Morgan fingerprint density at radius 1 is 0.947 bits per heavy atom. The van der Waals surface area contributed by atoms with Gasteiger partial charge in [0.25, 0.3) is 0 Å². The fraction of sp³-hybridized carbons (Fsp3) is 0.938. The lowest BCUT2D eigenvalue weighted by molar-refractivity contribution is 0.0602. The SMILES string of the molecule is O/N=C1\[C@H]2CC[C@@H](C2)[C@@H]1N1CC[C@H]2CCCC[C@H]2C1. The van der Waals surface area contributed by atoms with Crippen LogP contribution in [0.25, 0.3) is 0 Å². The molecule has 0 unspecified atom stereocenters. The van der Waals surface area contributed by atoms with Crippen LogP contribution in [0.1, 0.15) is 51.4 Å². The first-order valence-corrected chi connectivity index (χ1v) is 8.32. The highest BCUT2D eigenvalue weighted by atomic mass is 16.4. The monoisotopic (exact) mass is 262 g/mol. The normalized spacial score (nSPS) is 48.6. The summed E-state index contributed by atoms with van der Waals surface area (Å²) in [5.74, 6) is 3.32. The van der Waals surface area contributed by atoms with Crippen LogP contribution < -0.4 is 0 Å². The lowest BCUT2D eigenvalue weighted by Crippen LogP contribution is -2.51. The predicted molar refractivity (Wildman–Crippen MR) is 75.5 cm³/mol. The van der Waals surface area contributed by atoms with Gasteiger partial charge in [-0.25, -0.2) is 0 Å². The second-order valence-corrected chi connectivity index (χ2v) is 7.33. The average Bonchev–Trinajstić information content (AvgIpc) is 3.07. The van der Waals surface area contributed by atoms with Crippen LogP contribution in [0, 0.1) is 23.7 Å². The molecule has 2 bridgehead atoms. The molecule has 0 aromatic rings. The Labute approximate surface area is 116 Å². The van der Waals surface area contributed by atoms with Gasteiger partial charge < -0.3 is 5.21 Å². The number of nitrogens with zero attached hydrogens (tertiary/aromatic N) is 2. The summed E-state index contributed by atoms with van der Waals surface area (Å²) in [5, 5.41) is 13.1. The molecule has 3 nitrogen and oxygen atoms in total. The first-order chi connectivity index (χ1) is 9.36. The molecule has 0 spiro atoms. The zero-order valence-corrected chi connectivity index (χ0v) is 11.8. The maximum Gasteiger partial charge on any atom is 0.0775 e. The molecule has 1 N–H and O–H groups in total. The molecule has 19 heavy (non-hydrogen) atoms. The van der Waals surface area contributed by atoms with E-state index in [0.29, 0.717) is 12.0 Å². The van der Waals surface area contributed by atoms with E-state index in [4.69, 9.17) is 0 Å². The molecular weight excluding hydrogens is 236 g/mol. The van der Waals surface area contributed by atoms with Gasteiger partial charge in [-0.2, -0.15) is 0 Å². The molecule has 106 valence electrons. The van der Waals surface area contributed by atoms with Crippen LogP contribution in [0.5, 0.6) is 0 Å². The van der Waals surface area contributed by atoms with E-state index in [9.17, 15) is 5.21 Å². The summed E-state index contributed by atoms with van der Waals surface area (Å²) >= 11 is 0. The number of likely N-dealkylation sites (tertiary alicyclic amines) is 1. The van der Waals surface area contributed by atoms with Gasteiger partial charge in [-0.3, -0.25) is 4.90 Å². The minimum atomic E-state index is 0.492. The summed E-state index contributed by atoms with van der Waals surface area (Å²) in [6.45, 7) is 2.52. The first kappa shape index (κ1) is 12.2. The molecule has 0 aromatic carbocycles. The molecular formula is C16H26N2O. The molecule has 4 aliphatic rings. The summed E-state index contributed by atoms with van der Waals surface area (Å²) in [6.07, 6.45) is 11.1. The van der Waals surface area contributed by atoms with E-state index in [0.717, 1.165) is 23.5 Å². The van der Waals surface area contributed by atoms with Crippen LogP contribution in [-0.4, -0.2) is 35.0 Å². The molecule has 0 radical (unpaired) electrons. The number of hydrogen-bond donors (Lipinski definition) is 1. The third-order valence-electron chi connectivity index (χ3n) is 6.47. The molecule has 4 fully saturated rings. The number of fused-ring (bicyclic) bond motifs is 3. The second kappa shape index (κ2) is 4.76. The van der Waals surface area contributed by atoms with Crippen molar-refractivity contribution in [1.82, 2.24) is 4.90 Å². The predicted octanol–water partition coefficient (Wildman–Crippen LogP) is 3.13. The smallest absolute Gasteiger partial charge is 0.0775 e. The van der Waals surface area contributed by atoms with Crippen molar-refractivity contribution >= 4 is 5.71 Å². The minimum Gasteiger partial charge on any atom is -0.411 e. The summed E-state index contributed by atoms with van der Waals surface area (Å²) in [4.78, 5) is 2.69. The van der Waals surface area contributed by atoms with E-state index in [1.165, 1.54) is 64.5 Å². The van der Waals surface area contributed by atoms with E-state index >= 15 is 0 Å². The maximum absolute atomic E-state index is 9.38. The molecule has 1 aliphatic heterocycles. The topological polar surface area (TPSA) is 35.8 Å². The van der Waals surface area contributed by atoms with Crippen LogP contribution in [0.3, 0.4) is 0 Å². The van der Waals surface area contributed by atoms with Crippen molar-refractivity contribution in [3.8, 4) is 0 Å². The molecule has 3 saturated carbocycles. The van der Waals surface area contributed by atoms with Crippen LogP contribution in [0.2, 0.25) is 0 Å². The Kier molecular flexibility index (Phi) is 3.06. The quantitative estimate of drug-likeness (QED) is 0.582. The van der Waals surface area contributed by atoms with Gasteiger partial charge in [0.15, 0.2) is 0 Å². The highest BCUT2D eigenvalue weighted by Gasteiger charge is 2.49. The van der Waals surface area contributed by atoms with E-state index in [1.54, 1.807) is 0 Å². The Hall–Kier alpha value is -0.570. The molecule has 5 atom stereocenters. The van der Waals surface area contributed by atoms with Gasteiger partial charge in [-0.15, -0.1) is 0 Å². The summed E-state index contributed by atoms with van der Waals surface area (Å²) < 4.78 is 0. The van der Waals surface area contributed by atoms with E-state index < -0.39 is 0 Å². The van der Waals surface area contributed by atoms with Crippen molar-refractivity contribution in [2.75, 3.05) is 13.1 Å². The molecule has 3 aliphatic carbocycles. The van der Waals surface area contributed by atoms with Gasteiger partial charge in [-0.1, -0.05) is 24.4 Å². The molecule has 1 saturated heterocycles. The van der Waals surface area contributed by atoms with Crippen LogP contribution in [-0.2, 0) is 0 Å². The highest BCUT2D eigenvalue weighted by Crippen LogP contribution is 2.47. The third kappa shape index (κ3) is 1.93. The molecule has 4 rings (SSSR count).